The molecule has 0 atom stereocenters. The van der Waals surface area contributed by atoms with Gasteiger partial charge in [-0.05, 0) is 25.3 Å². The molecule has 0 aliphatic heterocycles. The number of carboxylic acid groups (broad SMARTS) is 1. The van der Waals surface area contributed by atoms with Gasteiger partial charge in [0.1, 0.15) is 6.73 Å². The molecule has 6 nitrogen and oxygen atoms in total. The lowest BCUT2D eigenvalue weighted by Gasteiger charge is -2.19. The minimum atomic E-state index is -0.994. The maximum atomic E-state index is 12.7. The molecule has 114 valence electrons. The number of hydrogen-bond acceptors (Lipinski definition) is 4. The lowest BCUT2D eigenvalue weighted by atomic mass is 9.90. The normalized spacial score (nSPS) is 16.2. The Hall–Kier alpha value is -2.08. The number of nitrogens with zero attached hydrogens (tertiary/aromatic N) is 2. The monoisotopic (exact) mass is 292 g/mol. The number of ketones is 1. The highest BCUT2D eigenvalue weighted by atomic mass is 16.5. The second-order valence-electron chi connectivity index (χ2n) is 5.39. The molecule has 0 aromatic carbocycles. The number of rotatable bonds is 4. The molecule has 0 fully saturated rings. The van der Waals surface area contributed by atoms with Gasteiger partial charge in [-0.25, -0.2) is 4.79 Å². The molecule has 1 aromatic heterocycles. The summed E-state index contributed by atoms with van der Waals surface area (Å²) >= 11 is 0. The summed E-state index contributed by atoms with van der Waals surface area (Å²) < 4.78 is 6.78. The quantitative estimate of drug-likeness (QED) is 0.855. The number of allylic oxidation sites excluding steroid dienone is 1. The molecular formula is C15H20N2O4. The van der Waals surface area contributed by atoms with Gasteiger partial charge in [-0.2, -0.15) is 0 Å². The standard InChI is InChI=1S/C15H20N2O4/c1-9-12(15(19)20)11-6-5-10(7-16(2)3)14(18)13(11)17(9)8-21-4/h7H,5-6,8H2,1-4H3,(H,19,20)/b10-7+. The van der Waals surface area contributed by atoms with Crippen LogP contribution in [0.15, 0.2) is 11.8 Å². The number of methoxy groups -OCH3 is 1. The van der Waals surface area contributed by atoms with Crippen LogP contribution in [0.1, 0.15) is 38.5 Å². The Kier molecular flexibility index (Phi) is 4.18. The fraction of sp³-hybridized carbons (Fsp3) is 0.467. The molecule has 0 saturated heterocycles. The van der Waals surface area contributed by atoms with E-state index in [1.54, 1.807) is 17.7 Å². The number of ether oxygens (including phenoxy) is 1. The number of hydrogen-bond donors (Lipinski definition) is 1. The molecule has 0 spiro atoms. The Morgan fingerprint density at radius 2 is 2.10 bits per heavy atom. The van der Waals surface area contributed by atoms with E-state index >= 15 is 0 Å². The van der Waals surface area contributed by atoms with E-state index in [4.69, 9.17) is 4.74 Å². The van der Waals surface area contributed by atoms with Gasteiger partial charge in [0.2, 0.25) is 5.78 Å². The van der Waals surface area contributed by atoms with Gasteiger partial charge in [-0.3, -0.25) is 4.79 Å². The third-order valence-corrected chi connectivity index (χ3v) is 3.66. The van der Waals surface area contributed by atoms with Crippen molar-refractivity contribution in [1.82, 2.24) is 9.47 Å². The van der Waals surface area contributed by atoms with Crippen molar-refractivity contribution < 1.29 is 19.4 Å². The molecular weight excluding hydrogens is 272 g/mol. The summed E-state index contributed by atoms with van der Waals surface area (Å²) in [6.07, 6.45) is 2.91. The first-order valence-corrected chi connectivity index (χ1v) is 6.74. The van der Waals surface area contributed by atoms with Gasteiger partial charge < -0.3 is 19.3 Å². The van der Waals surface area contributed by atoms with Crippen LogP contribution in [0.3, 0.4) is 0 Å². The molecule has 6 heteroatoms. The largest absolute Gasteiger partial charge is 0.478 e. The molecule has 21 heavy (non-hydrogen) atoms. The maximum Gasteiger partial charge on any atom is 0.337 e. The number of aromatic carboxylic acids is 1. The van der Waals surface area contributed by atoms with Gasteiger partial charge in [-0.15, -0.1) is 0 Å². The highest BCUT2D eigenvalue weighted by molar-refractivity contribution is 6.11. The van der Waals surface area contributed by atoms with Gasteiger partial charge in [0.25, 0.3) is 0 Å². The summed E-state index contributed by atoms with van der Waals surface area (Å²) in [5, 5.41) is 9.41. The Balaban J connectivity index is 2.63. The molecule has 1 heterocycles. The van der Waals surface area contributed by atoms with Gasteiger partial charge >= 0.3 is 5.97 Å². The Bertz CT molecular complexity index is 626. The maximum absolute atomic E-state index is 12.7. The van der Waals surface area contributed by atoms with Crippen LogP contribution in [0.2, 0.25) is 0 Å². The van der Waals surface area contributed by atoms with E-state index in [-0.39, 0.29) is 18.1 Å². The van der Waals surface area contributed by atoms with Crippen molar-refractivity contribution >= 4 is 11.8 Å². The van der Waals surface area contributed by atoms with E-state index < -0.39 is 5.97 Å². The number of Topliss-reactive ketones (excluding diaryl/α,β-unsaturated/α-hetero) is 1. The summed E-state index contributed by atoms with van der Waals surface area (Å²) in [4.78, 5) is 26.0. The predicted octanol–water partition coefficient (Wildman–Crippen LogP) is 1.67. The van der Waals surface area contributed by atoms with Crippen molar-refractivity contribution in [3.05, 3.63) is 34.3 Å². The summed E-state index contributed by atoms with van der Waals surface area (Å²) in [5.74, 6) is -1.11. The Labute approximate surface area is 123 Å². The van der Waals surface area contributed by atoms with Crippen molar-refractivity contribution in [3.8, 4) is 0 Å². The first-order valence-electron chi connectivity index (χ1n) is 6.74. The van der Waals surface area contributed by atoms with Crippen molar-refractivity contribution in [2.75, 3.05) is 21.2 Å². The Morgan fingerprint density at radius 3 is 2.62 bits per heavy atom. The first-order chi connectivity index (χ1) is 9.88. The zero-order valence-corrected chi connectivity index (χ0v) is 12.8. The second-order valence-corrected chi connectivity index (χ2v) is 5.39. The summed E-state index contributed by atoms with van der Waals surface area (Å²) in [5.41, 5.74) is 2.57. The average Bonchev–Trinajstić information content (AvgIpc) is 2.67. The summed E-state index contributed by atoms with van der Waals surface area (Å²) in [6, 6.07) is 0. The predicted molar refractivity (Wildman–Crippen MR) is 77.6 cm³/mol. The number of aromatic nitrogens is 1. The van der Waals surface area contributed by atoms with E-state index in [1.807, 2.05) is 19.0 Å². The van der Waals surface area contributed by atoms with Crippen LogP contribution in [0.5, 0.6) is 0 Å². The van der Waals surface area contributed by atoms with Gasteiger partial charge in [0.15, 0.2) is 0 Å². The van der Waals surface area contributed by atoms with Crippen molar-refractivity contribution in [2.24, 2.45) is 0 Å². The molecule has 0 radical (unpaired) electrons. The SMILES string of the molecule is COCn1c(C)c(C(=O)O)c2c1C(=O)/C(=C/N(C)C)CC2. The number of carboxylic acids is 1. The number of carbonyl (C=O) groups excluding carboxylic acids is 1. The fourth-order valence-corrected chi connectivity index (χ4v) is 2.84. The van der Waals surface area contributed by atoms with Crippen molar-refractivity contribution in [2.45, 2.75) is 26.5 Å². The molecule has 0 amide bonds. The highest BCUT2D eigenvalue weighted by Gasteiger charge is 2.33. The van der Waals surface area contributed by atoms with E-state index in [2.05, 4.69) is 0 Å². The van der Waals surface area contributed by atoms with Crippen LogP contribution >= 0.6 is 0 Å². The van der Waals surface area contributed by atoms with Gasteiger partial charge in [0, 0.05) is 38.7 Å². The average molecular weight is 292 g/mol. The minimum absolute atomic E-state index is 0.113. The van der Waals surface area contributed by atoms with Crippen LogP contribution in [-0.2, 0) is 17.9 Å². The zero-order chi connectivity index (χ0) is 15.7. The van der Waals surface area contributed by atoms with Crippen molar-refractivity contribution in [1.29, 1.82) is 0 Å². The number of fused-ring (bicyclic) bond motifs is 1. The van der Waals surface area contributed by atoms with E-state index in [1.165, 1.54) is 7.11 Å². The lowest BCUT2D eigenvalue weighted by molar-refractivity contribution is 0.0693. The van der Waals surface area contributed by atoms with Crippen molar-refractivity contribution in [3.63, 3.8) is 0 Å². The molecule has 2 rings (SSSR count). The molecule has 1 aliphatic rings. The summed E-state index contributed by atoms with van der Waals surface area (Å²) in [6.45, 7) is 1.88. The van der Waals surface area contributed by atoms with Crippen LogP contribution in [-0.4, -0.2) is 47.5 Å². The molecule has 0 unspecified atom stereocenters. The third-order valence-electron chi connectivity index (χ3n) is 3.66. The van der Waals surface area contributed by atoms with Gasteiger partial charge in [-0.1, -0.05) is 0 Å². The van der Waals surface area contributed by atoms with E-state index in [9.17, 15) is 14.7 Å². The van der Waals surface area contributed by atoms with Crippen LogP contribution in [0.4, 0.5) is 0 Å². The lowest BCUT2D eigenvalue weighted by Crippen LogP contribution is -2.21. The fourth-order valence-electron chi connectivity index (χ4n) is 2.84. The van der Waals surface area contributed by atoms with Gasteiger partial charge in [0.05, 0.1) is 11.3 Å². The molecule has 0 saturated carbocycles. The van der Waals surface area contributed by atoms with Crippen LogP contribution < -0.4 is 0 Å². The second kappa shape index (κ2) is 5.73. The summed E-state index contributed by atoms with van der Waals surface area (Å²) in [7, 11) is 5.24. The van der Waals surface area contributed by atoms with Crippen LogP contribution in [0, 0.1) is 6.92 Å². The molecule has 1 N–H and O–H groups in total. The van der Waals surface area contributed by atoms with Crippen LogP contribution in [0.25, 0.3) is 0 Å². The number of carbonyl (C=O) groups is 2. The first kappa shape index (κ1) is 15.3. The smallest absolute Gasteiger partial charge is 0.337 e. The molecule has 1 aliphatic carbocycles. The zero-order valence-electron chi connectivity index (χ0n) is 12.8. The molecule has 1 aromatic rings. The third kappa shape index (κ3) is 2.58. The van der Waals surface area contributed by atoms with E-state index in [0.29, 0.717) is 35.4 Å². The van der Waals surface area contributed by atoms with E-state index in [0.717, 1.165) is 0 Å². The minimum Gasteiger partial charge on any atom is -0.478 e. The molecule has 0 bridgehead atoms. The highest BCUT2D eigenvalue weighted by Crippen LogP contribution is 2.32. The Morgan fingerprint density at radius 1 is 1.43 bits per heavy atom. The topological polar surface area (TPSA) is 71.8 Å².